The van der Waals surface area contributed by atoms with Crippen molar-refractivity contribution in [1.82, 2.24) is 4.98 Å². The highest BCUT2D eigenvalue weighted by atomic mass is 19.1. The Labute approximate surface area is 111 Å². The smallest absolute Gasteiger partial charge is 0.134 e. The van der Waals surface area contributed by atoms with Crippen LogP contribution in [0.5, 0.6) is 0 Å². The minimum atomic E-state index is -1.10. The van der Waals surface area contributed by atoms with E-state index in [1.807, 2.05) is 18.2 Å². The monoisotopic (exact) mass is 257 g/mol. The number of hydrogen-bond donors (Lipinski definition) is 1. The van der Waals surface area contributed by atoms with Crippen LogP contribution in [0, 0.1) is 11.7 Å². The number of rotatable bonds is 3. The summed E-state index contributed by atoms with van der Waals surface area (Å²) < 4.78 is 13.1. The molecule has 1 aromatic heterocycles. The van der Waals surface area contributed by atoms with E-state index in [1.54, 1.807) is 18.3 Å². The summed E-state index contributed by atoms with van der Waals surface area (Å²) in [6.45, 7) is 0. The first kappa shape index (κ1) is 12.3. The standard InChI is InChI=1S/C16H16FNO/c17-14-9-7-13(8-10-14)16(19,12-4-3-5-12)15-6-1-2-11-18-15/h1-2,6-12,19H,3-5H2. The fraction of sp³-hybridized carbons (Fsp3) is 0.312. The first-order valence-electron chi connectivity index (χ1n) is 6.61. The van der Waals surface area contributed by atoms with E-state index in [2.05, 4.69) is 4.98 Å². The van der Waals surface area contributed by atoms with Crippen molar-refractivity contribution in [2.75, 3.05) is 0 Å². The topological polar surface area (TPSA) is 33.1 Å². The van der Waals surface area contributed by atoms with Crippen LogP contribution in [0.1, 0.15) is 30.5 Å². The minimum absolute atomic E-state index is 0.160. The molecule has 0 spiro atoms. The van der Waals surface area contributed by atoms with E-state index >= 15 is 0 Å². The highest BCUT2D eigenvalue weighted by Gasteiger charge is 2.44. The molecule has 1 heterocycles. The summed E-state index contributed by atoms with van der Waals surface area (Å²) in [6.07, 6.45) is 4.76. The van der Waals surface area contributed by atoms with Crippen molar-refractivity contribution >= 4 is 0 Å². The first-order valence-corrected chi connectivity index (χ1v) is 6.61. The predicted octanol–water partition coefficient (Wildman–Crippen LogP) is 3.26. The number of halogens is 1. The molecular weight excluding hydrogens is 241 g/mol. The Morgan fingerprint density at radius 2 is 1.84 bits per heavy atom. The maximum absolute atomic E-state index is 13.1. The summed E-state index contributed by atoms with van der Waals surface area (Å²) in [5.74, 6) is -0.131. The average Bonchev–Trinajstić information content (AvgIpc) is 2.38. The molecule has 2 nitrogen and oxygen atoms in total. The molecule has 1 aliphatic carbocycles. The number of benzene rings is 1. The van der Waals surface area contributed by atoms with Crippen LogP contribution < -0.4 is 0 Å². The van der Waals surface area contributed by atoms with E-state index in [4.69, 9.17) is 0 Å². The molecule has 0 aliphatic heterocycles. The highest BCUT2D eigenvalue weighted by Crippen LogP contribution is 2.45. The lowest BCUT2D eigenvalue weighted by Gasteiger charge is -2.41. The lowest BCUT2D eigenvalue weighted by atomic mass is 9.68. The van der Waals surface area contributed by atoms with Gasteiger partial charge in [0, 0.05) is 6.20 Å². The number of nitrogens with zero attached hydrogens (tertiary/aromatic N) is 1. The molecule has 1 aliphatic rings. The van der Waals surface area contributed by atoms with Crippen molar-refractivity contribution in [2.45, 2.75) is 24.9 Å². The Hall–Kier alpha value is -1.74. The quantitative estimate of drug-likeness (QED) is 0.915. The van der Waals surface area contributed by atoms with Gasteiger partial charge in [-0.3, -0.25) is 4.98 Å². The molecule has 1 aromatic carbocycles. The molecule has 3 rings (SSSR count). The third-order valence-electron chi connectivity index (χ3n) is 4.04. The Morgan fingerprint density at radius 1 is 1.11 bits per heavy atom. The molecule has 0 bridgehead atoms. The number of aliphatic hydroxyl groups is 1. The second-order valence-electron chi connectivity index (χ2n) is 5.12. The van der Waals surface area contributed by atoms with Crippen LogP contribution in [0.15, 0.2) is 48.7 Å². The van der Waals surface area contributed by atoms with E-state index < -0.39 is 5.60 Å². The summed E-state index contributed by atoms with van der Waals surface area (Å²) in [6, 6.07) is 11.6. The summed E-state index contributed by atoms with van der Waals surface area (Å²) in [4.78, 5) is 4.31. The van der Waals surface area contributed by atoms with Crippen LogP contribution in [-0.4, -0.2) is 10.1 Å². The molecular formula is C16H16FNO. The van der Waals surface area contributed by atoms with Gasteiger partial charge in [-0.2, -0.15) is 0 Å². The molecule has 2 aromatic rings. The third kappa shape index (κ3) is 2.04. The maximum Gasteiger partial charge on any atom is 0.134 e. The zero-order chi connectivity index (χ0) is 13.3. The van der Waals surface area contributed by atoms with Crippen molar-refractivity contribution < 1.29 is 9.50 Å². The van der Waals surface area contributed by atoms with E-state index in [0.29, 0.717) is 5.69 Å². The molecule has 3 heteroatoms. The molecule has 1 saturated carbocycles. The van der Waals surface area contributed by atoms with Crippen LogP contribution >= 0.6 is 0 Å². The fourth-order valence-electron chi connectivity index (χ4n) is 2.71. The fourth-order valence-corrected chi connectivity index (χ4v) is 2.71. The lowest BCUT2D eigenvalue weighted by Crippen LogP contribution is -2.40. The average molecular weight is 257 g/mol. The van der Waals surface area contributed by atoms with Crippen molar-refractivity contribution in [3.05, 3.63) is 65.7 Å². The Morgan fingerprint density at radius 3 is 2.37 bits per heavy atom. The lowest BCUT2D eigenvalue weighted by molar-refractivity contribution is -0.0235. The predicted molar refractivity (Wildman–Crippen MR) is 71.0 cm³/mol. The van der Waals surface area contributed by atoms with Gasteiger partial charge in [-0.1, -0.05) is 24.6 Å². The van der Waals surface area contributed by atoms with E-state index in [0.717, 1.165) is 24.8 Å². The van der Waals surface area contributed by atoms with Crippen LogP contribution in [-0.2, 0) is 5.60 Å². The van der Waals surface area contributed by atoms with Crippen molar-refractivity contribution in [3.63, 3.8) is 0 Å². The largest absolute Gasteiger partial charge is 0.378 e. The van der Waals surface area contributed by atoms with Gasteiger partial charge in [0.25, 0.3) is 0 Å². The molecule has 98 valence electrons. The zero-order valence-electron chi connectivity index (χ0n) is 10.6. The van der Waals surface area contributed by atoms with Gasteiger partial charge in [-0.15, -0.1) is 0 Å². The van der Waals surface area contributed by atoms with Crippen molar-refractivity contribution in [2.24, 2.45) is 5.92 Å². The Kier molecular flexibility index (Phi) is 3.07. The Balaban J connectivity index is 2.09. The molecule has 0 saturated heterocycles. The second kappa shape index (κ2) is 4.74. The van der Waals surface area contributed by atoms with E-state index in [1.165, 1.54) is 12.1 Å². The maximum atomic E-state index is 13.1. The molecule has 0 radical (unpaired) electrons. The van der Waals surface area contributed by atoms with Gasteiger partial charge in [-0.25, -0.2) is 4.39 Å². The summed E-state index contributed by atoms with van der Waals surface area (Å²) in [5.41, 5.74) is 0.260. The summed E-state index contributed by atoms with van der Waals surface area (Å²) >= 11 is 0. The normalized spacial score (nSPS) is 18.6. The number of pyridine rings is 1. The summed E-state index contributed by atoms with van der Waals surface area (Å²) in [7, 11) is 0. The van der Waals surface area contributed by atoms with Crippen LogP contribution in [0.4, 0.5) is 4.39 Å². The van der Waals surface area contributed by atoms with Crippen LogP contribution in [0.2, 0.25) is 0 Å². The number of aromatic nitrogens is 1. The van der Waals surface area contributed by atoms with Gasteiger partial charge in [0.05, 0.1) is 5.69 Å². The van der Waals surface area contributed by atoms with Gasteiger partial charge >= 0.3 is 0 Å². The van der Waals surface area contributed by atoms with E-state index in [9.17, 15) is 9.50 Å². The van der Waals surface area contributed by atoms with Crippen molar-refractivity contribution in [1.29, 1.82) is 0 Å². The van der Waals surface area contributed by atoms with Crippen LogP contribution in [0.25, 0.3) is 0 Å². The molecule has 1 unspecified atom stereocenters. The SMILES string of the molecule is OC(c1ccc(F)cc1)(c1ccccn1)C1CCC1. The third-order valence-corrected chi connectivity index (χ3v) is 4.04. The van der Waals surface area contributed by atoms with Gasteiger partial charge in [0.2, 0.25) is 0 Å². The second-order valence-corrected chi connectivity index (χ2v) is 5.12. The Bertz CT molecular complexity index is 551. The molecule has 19 heavy (non-hydrogen) atoms. The number of hydrogen-bond acceptors (Lipinski definition) is 2. The minimum Gasteiger partial charge on any atom is -0.378 e. The van der Waals surface area contributed by atoms with Gasteiger partial charge in [0.15, 0.2) is 0 Å². The van der Waals surface area contributed by atoms with E-state index in [-0.39, 0.29) is 11.7 Å². The highest BCUT2D eigenvalue weighted by molar-refractivity contribution is 5.34. The van der Waals surface area contributed by atoms with Gasteiger partial charge in [-0.05, 0) is 48.6 Å². The first-order chi connectivity index (χ1) is 9.21. The molecule has 1 atom stereocenters. The molecule has 0 amide bonds. The van der Waals surface area contributed by atoms with Gasteiger partial charge < -0.3 is 5.11 Å². The van der Waals surface area contributed by atoms with Gasteiger partial charge in [0.1, 0.15) is 11.4 Å². The zero-order valence-corrected chi connectivity index (χ0v) is 10.6. The molecule has 1 fully saturated rings. The van der Waals surface area contributed by atoms with Crippen LogP contribution in [0.3, 0.4) is 0 Å². The summed E-state index contributed by atoms with van der Waals surface area (Å²) in [5, 5.41) is 11.2. The molecule has 1 N–H and O–H groups in total. The van der Waals surface area contributed by atoms with Crippen molar-refractivity contribution in [3.8, 4) is 0 Å².